The van der Waals surface area contributed by atoms with Gasteiger partial charge >= 0.3 is 6.18 Å². The van der Waals surface area contributed by atoms with Crippen molar-refractivity contribution in [3.8, 4) is 11.5 Å². The minimum atomic E-state index is -4.60. The van der Waals surface area contributed by atoms with Crippen LogP contribution in [0.15, 0.2) is 77.7 Å². The highest BCUT2D eigenvalue weighted by atomic mass is 32.2. The number of methoxy groups -OCH3 is 1. The number of sulfonamides is 1. The number of carbonyl (C=O) groups excluding carboxylic acids is 1. The highest BCUT2D eigenvalue weighted by molar-refractivity contribution is 7.92. The van der Waals surface area contributed by atoms with Gasteiger partial charge in [-0.15, -0.1) is 0 Å². The third kappa shape index (κ3) is 6.89. The van der Waals surface area contributed by atoms with Crippen LogP contribution in [0.3, 0.4) is 0 Å². The summed E-state index contributed by atoms with van der Waals surface area (Å²) >= 11 is 0. The molecule has 186 valence electrons. The number of hydrogen-bond donors (Lipinski definition) is 2. The topological polar surface area (TPSA) is 93.7 Å². The van der Waals surface area contributed by atoms with Gasteiger partial charge in [-0.05, 0) is 73.2 Å². The quantitative estimate of drug-likeness (QED) is 0.409. The van der Waals surface area contributed by atoms with Crippen molar-refractivity contribution in [3.05, 3.63) is 78.4 Å². The van der Waals surface area contributed by atoms with E-state index in [-0.39, 0.29) is 10.6 Å². The number of carbonyl (C=O) groups is 1. The van der Waals surface area contributed by atoms with Crippen LogP contribution in [0, 0.1) is 0 Å². The van der Waals surface area contributed by atoms with E-state index < -0.39 is 33.8 Å². The number of anilines is 2. The Morgan fingerprint density at radius 2 is 1.57 bits per heavy atom. The first kappa shape index (κ1) is 25.9. The fraction of sp³-hybridized carbons (Fsp3) is 0.208. The van der Waals surface area contributed by atoms with E-state index in [1.165, 1.54) is 37.4 Å². The molecule has 3 rings (SSSR count). The number of nitrogens with one attached hydrogen (secondary N) is 2. The van der Waals surface area contributed by atoms with Gasteiger partial charge in [0.15, 0.2) is 6.10 Å². The van der Waals surface area contributed by atoms with E-state index in [0.717, 1.165) is 12.1 Å². The molecule has 1 amide bonds. The molecule has 3 aromatic carbocycles. The average molecular weight is 509 g/mol. The number of halogens is 3. The molecule has 0 aliphatic rings. The fourth-order valence-electron chi connectivity index (χ4n) is 3.05. The number of amides is 1. The van der Waals surface area contributed by atoms with Crippen LogP contribution in [-0.4, -0.2) is 27.5 Å². The molecule has 0 saturated heterocycles. The van der Waals surface area contributed by atoms with Crippen molar-refractivity contribution in [3.63, 3.8) is 0 Å². The molecule has 2 N–H and O–H groups in total. The van der Waals surface area contributed by atoms with Crippen molar-refractivity contribution in [1.82, 2.24) is 0 Å². The molecular weight excluding hydrogens is 485 g/mol. The number of hydrogen-bond acceptors (Lipinski definition) is 5. The number of ether oxygens (including phenoxy) is 2. The van der Waals surface area contributed by atoms with Crippen molar-refractivity contribution in [2.24, 2.45) is 0 Å². The number of alkyl halides is 3. The molecule has 35 heavy (non-hydrogen) atoms. The summed E-state index contributed by atoms with van der Waals surface area (Å²) in [6.45, 7) is 1.78. The maximum atomic E-state index is 12.9. The van der Waals surface area contributed by atoms with Gasteiger partial charge in [-0.1, -0.05) is 13.0 Å². The predicted octanol–water partition coefficient (Wildman–Crippen LogP) is 5.31. The Morgan fingerprint density at radius 1 is 0.943 bits per heavy atom. The van der Waals surface area contributed by atoms with Crippen LogP contribution in [0.4, 0.5) is 24.5 Å². The van der Waals surface area contributed by atoms with Gasteiger partial charge in [0.25, 0.3) is 15.9 Å². The second-order valence-corrected chi connectivity index (χ2v) is 9.07. The Labute approximate surface area is 200 Å². The van der Waals surface area contributed by atoms with E-state index in [0.29, 0.717) is 29.7 Å². The van der Waals surface area contributed by atoms with Gasteiger partial charge in [0.1, 0.15) is 11.5 Å². The third-order valence-electron chi connectivity index (χ3n) is 4.88. The SMILES string of the molecule is CC[C@H](Oc1ccc(OC)cc1)C(=O)Nc1ccc(S(=O)(=O)Nc2cccc(C(F)(F)F)c2)cc1. The zero-order valence-electron chi connectivity index (χ0n) is 18.8. The van der Waals surface area contributed by atoms with Gasteiger partial charge < -0.3 is 14.8 Å². The van der Waals surface area contributed by atoms with Crippen LogP contribution in [0.1, 0.15) is 18.9 Å². The van der Waals surface area contributed by atoms with Gasteiger partial charge in [0, 0.05) is 11.4 Å². The highest BCUT2D eigenvalue weighted by Gasteiger charge is 2.30. The zero-order chi connectivity index (χ0) is 25.6. The lowest BCUT2D eigenvalue weighted by Gasteiger charge is -2.17. The van der Waals surface area contributed by atoms with Crippen molar-refractivity contribution in [2.75, 3.05) is 17.1 Å². The second kappa shape index (κ2) is 10.7. The average Bonchev–Trinajstić information content (AvgIpc) is 2.82. The summed E-state index contributed by atoms with van der Waals surface area (Å²) < 4.78 is 76.8. The first-order valence-corrected chi connectivity index (χ1v) is 11.9. The van der Waals surface area contributed by atoms with Crippen LogP contribution in [-0.2, 0) is 21.0 Å². The monoisotopic (exact) mass is 508 g/mol. The Morgan fingerprint density at radius 3 is 2.14 bits per heavy atom. The molecule has 0 heterocycles. The lowest BCUT2D eigenvalue weighted by molar-refractivity contribution is -0.137. The Balaban J connectivity index is 1.66. The van der Waals surface area contributed by atoms with E-state index in [4.69, 9.17) is 9.47 Å². The summed E-state index contributed by atoms with van der Waals surface area (Å²) in [6.07, 6.45) is -5.02. The largest absolute Gasteiger partial charge is 0.497 e. The smallest absolute Gasteiger partial charge is 0.416 e. The summed E-state index contributed by atoms with van der Waals surface area (Å²) in [5.41, 5.74) is -0.874. The normalized spacial score (nSPS) is 12.5. The summed E-state index contributed by atoms with van der Waals surface area (Å²) in [6, 6.07) is 15.8. The Bertz CT molecular complexity index is 1260. The molecule has 0 aliphatic heterocycles. The highest BCUT2D eigenvalue weighted by Crippen LogP contribution is 2.31. The first-order chi connectivity index (χ1) is 16.5. The minimum absolute atomic E-state index is 0.186. The van der Waals surface area contributed by atoms with Crippen molar-refractivity contribution >= 4 is 27.3 Å². The molecule has 11 heteroatoms. The molecule has 0 aliphatic carbocycles. The molecule has 0 spiro atoms. The molecule has 3 aromatic rings. The maximum absolute atomic E-state index is 12.9. The van der Waals surface area contributed by atoms with E-state index >= 15 is 0 Å². The zero-order valence-corrected chi connectivity index (χ0v) is 19.6. The lowest BCUT2D eigenvalue weighted by Crippen LogP contribution is -2.32. The maximum Gasteiger partial charge on any atom is 0.416 e. The molecule has 0 aromatic heterocycles. The van der Waals surface area contributed by atoms with Gasteiger partial charge in [-0.2, -0.15) is 13.2 Å². The molecule has 7 nitrogen and oxygen atoms in total. The minimum Gasteiger partial charge on any atom is -0.497 e. The number of benzene rings is 3. The van der Waals surface area contributed by atoms with E-state index in [1.807, 2.05) is 0 Å². The van der Waals surface area contributed by atoms with Crippen molar-refractivity contribution in [2.45, 2.75) is 30.5 Å². The van der Waals surface area contributed by atoms with Gasteiger partial charge in [-0.25, -0.2) is 8.42 Å². The Hall–Kier alpha value is -3.73. The molecule has 0 bridgehead atoms. The molecule has 1 atom stereocenters. The lowest BCUT2D eigenvalue weighted by atomic mass is 10.2. The Kier molecular flexibility index (Phi) is 7.90. The first-order valence-electron chi connectivity index (χ1n) is 10.4. The van der Waals surface area contributed by atoms with E-state index in [2.05, 4.69) is 10.0 Å². The summed E-state index contributed by atoms with van der Waals surface area (Å²) in [5, 5.41) is 2.66. The van der Waals surface area contributed by atoms with E-state index in [9.17, 15) is 26.4 Å². The number of rotatable bonds is 9. The second-order valence-electron chi connectivity index (χ2n) is 7.39. The van der Waals surface area contributed by atoms with Crippen molar-refractivity contribution < 1.29 is 35.9 Å². The van der Waals surface area contributed by atoms with E-state index in [1.54, 1.807) is 31.2 Å². The van der Waals surface area contributed by atoms with Crippen LogP contribution < -0.4 is 19.5 Å². The summed E-state index contributed by atoms with van der Waals surface area (Å²) in [5.74, 6) is 0.698. The molecule has 0 fully saturated rings. The molecular formula is C24H23F3N2O5S. The summed E-state index contributed by atoms with van der Waals surface area (Å²) in [4.78, 5) is 12.4. The standard InChI is InChI=1S/C24H23F3N2O5S/c1-3-22(34-20-11-9-19(33-2)10-12-20)23(30)28-17-7-13-21(14-8-17)35(31,32)29-18-6-4-5-16(15-18)24(25,26)27/h4-15,22,29H,3H2,1-2H3,(H,28,30)/t22-/m0/s1. The summed E-state index contributed by atoms with van der Waals surface area (Å²) in [7, 11) is -2.62. The molecule has 0 radical (unpaired) electrons. The van der Waals surface area contributed by atoms with Gasteiger partial charge in [0.05, 0.1) is 17.6 Å². The van der Waals surface area contributed by atoms with Crippen LogP contribution in [0.25, 0.3) is 0 Å². The molecule has 0 saturated carbocycles. The van der Waals surface area contributed by atoms with Gasteiger partial charge in [0.2, 0.25) is 0 Å². The fourth-order valence-corrected chi connectivity index (χ4v) is 4.10. The van der Waals surface area contributed by atoms with Crippen LogP contribution in [0.5, 0.6) is 11.5 Å². The third-order valence-corrected chi connectivity index (χ3v) is 6.27. The predicted molar refractivity (Wildman–Crippen MR) is 125 cm³/mol. The van der Waals surface area contributed by atoms with Crippen molar-refractivity contribution in [1.29, 1.82) is 0 Å². The van der Waals surface area contributed by atoms with Crippen LogP contribution in [0.2, 0.25) is 0 Å². The van der Waals surface area contributed by atoms with Crippen LogP contribution >= 0.6 is 0 Å². The van der Waals surface area contributed by atoms with Gasteiger partial charge in [-0.3, -0.25) is 9.52 Å². The molecule has 0 unspecified atom stereocenters.